The number of ether oxygens (including phenoxy) is 1. The van der Waals surface area contributed by atoms with Crippen LogP contribution in [-0.2, 0) is 4.74 Å². The molecule has 6 nitrogen and oxygen atoms in total. The predicted octanol–water partition coefficient (Wildman–Crippen LogP) is 3.32. The van der Waals surface area contributed by atoms with Crippen molar-refractivity contribution >= 4 is 17.3 Å². The van der Waals surface area contributed by atoms with Gasteiger partial charge < -0.3 is 9.64 Å². The van der Waals surface area contributed by atoms with Crippen molar-refractivity contribution in [2.45, 2.75) is 32.1 Å². The number of hydrogen-bond acceptors (Lipinski definition) is 5. The monoisotopic (exact) mass is 328 g/mol. The van der Waals surface area contributed by atoms with E-state index in [0.29, 0.717) is 12.2 Å². The minimum Gasteiger partial charge on any atom is -0.465 e. The number of nitrogens with zero attached hydrogens (tertiary/aromatic N) is 2. The van der Waals surface area contributed by atoms with E-state index < -0.39 is 16.8 Å². The van der Waals surface area contributed by atoms with E-state index >= 15 is 0 Å². The molecule has 1 fully saturated rings. The number of nitro groups is 1. The highest BCUT2D eigenvalue weighted by Gasteiger charge is 2.33. The fraction of sp³-hybridized carbons (Fsp3) is 0.533. The molecular formula is C15H18F2N2O4. The molecule has 0 radical (unpaired) electrons. The summed E-state index contributed by atoms with van der Waals surface area (Å²) in [5.74, 6) is -3.44. The van der Waals surface area contributed by atoms with E-state index in [1.54, 1.807) is 4.90 Å². The van der Waals surface area contributed by atoms with E-state index in [9.17, 15) is 23.7 Å². The van der Waals surface area contributed by atoms with Gasteiger partial charge in [-0.15, -0.1) is 0 Å². The van der Waals surface area contributed by atoms with Crippen LogP contribution >= 0.6 is 0 Å². The van der Waals surface area contributed by atoms with Gasteiger partial charge in [0.25, 0.3) is 5.69 Å². The van der Waals surface area contributed by atoms with Crippen LogP contribution < -0.4 is 4.90 Å². The van der Waals surface area contributed by atoms with Crippen LogP contribution in [-0.4, -0.2) is 37.0 Å². The van der Waals surface area contributed by atoms with Crippen LogP contribution in [0.5, 0.6) is 0 Å². The van der Waals surface area contributed by atoms with Gasteiger partial charge in [-0.05, 0) is 19.4 Å². The van der Waals surface area contributed by atoms with E-state index in [0.717, 1.165) is 0 Å². The molecule has 0 atom stereocenters. The molecule has 1 aliphatic rings. The minimum atomic E-state index is -2.73. The highest BCUT2D eigenvalue weighted by atomic mass is 19.3. The number of halogens is 2. The molecule has 23 heavy (non-hydrogen) atoms. The van der Waals surface area contributed by atoms with Crippen molar-refractivity contribution < 1.29 is 23.2 Å². The first kappa shape index (κ1) is 17.1. The summed E-state index contributed by atoms with van der Waals surface area (Å²) in [7, 11) is 1.18. The highest BCUT2D eigenvalue weighted by Crippen LogP contribution is 2.35. The molecule has 126 valence electrons. The largest absolute Gasteiger partial charge is 0.465 e. The molecule has 0 amide bonds. The molecule has 0 aliphatic carbocycles. The van der Waals surface area contributed by atoms with Crippen molar-refractivity contribution in [2.24, 2.45) is 0 Å². The molecule has 0 spiro atoms. The molecule has 0 saturated carbocycles. The number of carbonyl (C=O) groups is 1. The van der Waals surface area contributed by atoms with Crippen molar-refractivity contribution in [3.63, 3.8) is 0 Å². The van der Waals surface area contributed by atoms with E-state index in [4.69, 9.17) is 4.74 Å². The van der Waals surface area contributed by atoms with Crippen LogP contribution in [0.15, 0.2) is 12.1 Å². The smallest absolute Gasteiger partial charge is 0.340 e. The molecule has 1 aromatic carbocycles. The Morgan fingerprint density at radius 2 is 2.04 bits per heavy atom. The Labute approximate surface area is 132 Å². The van der Waals surface area contributed by atoms with Gasteiger partial charge in [-0.25, -0.2) is 13.6 Å². The van der Waals surface area contributed by atoms with Crippen LogP contribution in [0, 0.1) is 17.0 Å². The summed E-state index contributed by atoms with van der Waals surface area (Å²) >= 11 is 0. The Balaban J connectivity index is 2.47. The zero-order valence-electron chi connectivity index (χ0n) is 13.0. The Morgan fingerprint density at radius 3 is 2.65 bits per heavy atom. The molecular weight excluding hydrogens is 310 g/mol. The standard InChI is InChI=1S/C15H18F2N2O4/c1-10-11(19(21)22)4-5-12(13(10)14(20)23-2)18-8-3-6-15(16,17)7-9-18/h4-5H,3,6-9H2,1-2H3. The second-order valence-electron chi connectivity index (χ2n) is 5.55. The lowest BCUT2D eigenvalue weighted by atomic mass is 10.0. The number of alkyl halides is 2. The van der Waals surface area contributed by atoms with Gasteiger partial charge in [-0.3, -0.25) is 10.1 Å². The predicted molar refractivity (Wildman–Crippen MR) is 80.2 cm³/mol. The molecule has 2 rings (SSSR count). The van der Waals surface area contributed by atoms with Gasteiger partial charge in [-0.1, -0.05) is 0 Å². The quantitative estimate of drug-likeness (QED) is 0.483. The van der Waals surface area contributed by atoms with Crippen molar-refractivity contribution in [1.29, 1.82) is 0 Å². The molecule has 1 saturated heterocycles. The van der Waals surface area contributed by atoms with Gasteiger partial charge in [0.15, 0.2) is 0 Å². The maximum atomic E-state index is 13.5. The first-order valence-electron chi connectivity index (χ1n) is 7.26. The molecule has 8 heteroatoms. The lowest BCUT2D eigenvalue weighted by Gasteiger charge is -2.25. The zero-order valence-corrected chi connectivity index (χ0v) is 13.0. The maximum absolute atomic E-state index is 13.5. The van der Waals surface area contributed by atoms with Crippen LogP contribution in [0.3, 0.4) is 0 Å². The van der Waals surface area contributed by atoms with Crippen LogP contribution in [0.1, 0.15) is 35.2 Å². The Morgan fingerprint density at radius 1 is 1.35 bits per heavy atom. The summed E-state index contributed by atoms with van der Waals surface area (Å²) in [5.41, 5.74) is 0.439. The highest BCUT2D eigenvalue weighted by molar-refractivity contribution is 5.98. The lowest BCUT2D eigenvalue weighted by molar-refractivity contribution is -0.385. The Bertz CT molecular complexity index is 634. The summed E-state index contributed by atoms with van der Waals surface area (Å²) in [4.78, 5) is 24.2. The molecule has 1 heterocycles. The summed E-state index contributed by atoms with van der Waals surface area (Å²) in [6.45, 7) is 1.89. The van der Waals surface area contributed by atoms with Gasteiger partial charge in [0.1, 0.15) is 0 Å². The zero-order chi connectivity index (χ0) is 17.2. The van der Waals surface area contributed by atoms with Gasteiger partial charge in [-0.2, -0.15) is 0 Å². The third-order valence-electron chi connectivity index (χ3n) is 4.06. The maximum Gasteiger partial charge on any atom is 0.340 e. The number of esters is 1. The van der Waals surface area contributed by atoms with Crippen molar-refractivity contribution in [1.82, 2.24) is 0 Å². The van der Waals surface area contributed by atoms with E-state index in [2.05, 4.69) is 0 Å². The summed E-state index contributed by atoms with van der Waals surface area (Å²) < 4.78 is 31.8. The number of methoxy groups -OCH3 is 1. The number of nitro benzene ring substituents is 1. The molecule has 1 aromatic rings. The number of benzene rings is 1. The van der Waals surface area contributed by atoms with E-state index in [-0.39, 0.29) is 42.6 Å². The van der Waals surface area contributed by atoms with Crippen LogP contribution in [0.25, 0.3) is 0 Å². The fourth-order valence-corrected chi connectivity index (χ4v) is 2.81. The molecule has 0 N–H and O–H groups in total. The van der Waals surface area contributed by atoms with E-state index in [1.165, 1.54) is 26.2 Å². The average molecular weight is 328 g/mol. The summed E-state index contributed by atoms with van der Waals surface area (Å²) in [6.07, 6.45) is -0.240. The number of carbonyl (C=O) groups excluding carboxylic acids is 1. The van der Waals surface area contributed by atoms with Gasteiger partial charge >= 0.3 is 5.97 Å². The second kappa shape index (κ2) is 6.47. The molecule has 1 aliphatic heterocycles. The first-order valence-corrected chi connectivity index (χ1v) is 7.26. The van der Waals surface area contributed by atoms with Crippen molar-refractivity contribution in [2.75, 3.05) is 25.1 Å². The van der Waals surface area contributed by atoms with Crippen molar-refractivity contribution in [3.8, 4) is 0 Å². The Kier molecular flexibility index (Phi) is 4.82. The Hall–Kier alpha value is -2.25. The van der Waals surface area contributed by atoms with Gasteiger partial charge in [0.2, 0.25) is 5.92 Å². The van der Waals surface area contributed by atoms with Gasteiger partial charge in [0.05, 0.1) is 23.3 Å². The van der Waals surface area contributed by atoms with E-state index in [1.807, 2.05) is 0 Å². The summed E-state index contributed by atoms with van der Waals surface area (Å²) in [6, 6.07) is 2.72. The fourth-order valence-electron chi connectivity index (χ4n) is 2.81. The summed E-state index contributed by atoms with van der Waals surface area (Å²) in [5, 5.41) is 11.1. The number of rotatable bonds is 3. The molecule has 0 bridgehead atoms. The van der Waals surface area contributed by atoms with Crippen LogP contribution in [0.2, 0.25) is 0 Å². The first-order chi connectivity index (χ1) is 10.8. The van der Waals surface area contributed by atoms with Crippen molar-refractivity contribution in [3.05, 3.63) is 33.4 Å². The normalized spacial score (nSPS) is 17.5. The molecule has 0 unspecified atom stereocenters. The third kappa shape index (κ3) is 3.57. The SMILES string of the molecule is COC(=O)c1c(N2CCCC(F)(F)CC2)ccc([N+](=O)[O-])c1C. The number of hydrogen-bond donors (Lipinski definition) is 0. The second-order valence-corrected chi connectivity index (χ2v) is 5.55. The topological polar surface area (TPSA) is 72.7 Å². The van der Waals surface area contributed by atoms with Gasteiger partial charge in [0, 0.05) is 37.6 Å². The third-order valence-corrected chi connectivity index (χ3v) is 4.06. The minimum absolute atomic E-state index is 0.0620. The average Bonchev–Trinajstić information content (AvgIpc) is 2.66. The molecule has 0 aromatic heterocycles. The van der Waals surface area contributed by atoms with Crippen LogP contribution in [0.4, 0.5) is 20.2 Å². The lowest BCUT2D eigenvalue weighted by Crippen LogP contribution is -2.28. The number of anilines is 1.